The van der Waals surface area contributed by atoms with E-state index < -0.39 is 5.82 Å². The second-order valence-corrected chi connectivity index (χ2v) is 6.57. The van der Waals surface area contributed by atoms with Crippen molar-refractivity contribution in [1.82, 2.24) is 5.32 Å². The minimum atomic E-state index is -0.432. The lowest BCUT2D eigenvalue weighted by atomic mass is 10.1. The Morgan fingerprint density at radius 1 is 1.19 bits per heavy atom. The zero-order valence-electron chi connectivity index (χ0n) is 14.7. The summed E-state index contributed by atoms with van der Waals surface area (Å²) in [5, 5.41) is 13.3. The van der Waals surface area contributed by atoms with Gasteiger partial charge in [0.25, 0.3) is 0 Å². The number of rotatable bonds is 9. The number of hydrogen-bond donors (Lipinski definition) is 2. The van der Waals surface area contributed by atoms with Crippen LogP contribution in [0.2, 0.25) is 10.0 Å². The van der Waals surface area contributed by atoms with Crippen LogP contribution in [0.4, 0.5) is 4.39 Å². The average Bonchev–Trinajstić information content (AvgIpc) is 2.63. The van der Waals surface area contributed by atoms with Gasteiger partial charge in [-0.3, -0.25) is 0 Å². The summed E-state index contributed by atoms with van der Waals surface area (Å²) in [6, 6.07) is 7.86. The molecule has 0 heterocycles. The minimum Gasteiger partial charge on any atom is -0.493 e. The molecular formula is C19H22Cl2FNO3. The Kier molecular flexibility index (Phi) is 7.97. The maximum atomic E-state index is 13.9. The van der Waals surface area contributed by atoms with Crippen LogP contribution in [-0.4, -0.2) is 24.9 Å². The number of halogens is 3. The van der Waals surface area contributed by atoms with Gasteiger partial charge in [-0.25, -0.2) is 4.39 Å². The SMILES string of the molecule is CCC(CO)NCc1cc(OC)c(OCc2c(F)cccc2Cl)cc1Cl. The molecule has 2 aromatic carbocycles. The van der Waals surface area contributed by atoms with Crippen LogP contribution in [-0.2, 0) is 13.2 Å². The van der Waals surface area contributed by atoms with Gasteiger partial charge in [-0.05, 0) is 30.2 Å². The number of methoxy groups -OCH3 is 1. The van der Waals surface area contributed by atoms with Crippen LogP contribution in [0.1, 0.15) is 24.5 Å². The van der Waals surface area contributed by atoms with Gasteiger partial charge < -0.3 is 19.9 Å². The Bertz CT molecular complexity index is 719. The van der Waals surface area contributed by atoms with Crippen LogP contribution in [0.15, 0.2) is 30.3 Å². The number of hydrogen-bond acceptors (Lipinski definition) is 4. The first-order valence-electron chi connectivity index (χ1n) is 8.26. The molecule has 0 saturated carbocycles. The fraction of sp³-hybridized carbons (Fsp3) is 0.368. The van der Waals surface area contributed by atoms with Crippen molar-refractivity contribution in [2.75, 3.05) is 13.7 Å². The second kappa shape index (κ2) is 9.97. The molecule has 2 aromatic rings. The lowest BCUT2D eigenvalue weighted by molar-refractivity contribution is 0.238. The molecule has 0 radical (unpaired) electrons. The summed E-state index contributed by atoms with van der Waals surface area (Å²) < 4.78 is 24.9. The molecule has 0 aliphatic rings. The Morgan fingerprint density at radius 3 is 2.58 bits per heavy atom. The molecule has 0 aliphatic heterocycles. The van der Waals surface area contributed by atoms with Gasteiger partial charge in [0.2, 0.25) is 0 Å². The predicted octanol–water partition coefficient (Wildman–Crippen LogP) is 4.58. The molecule has 1 atom stereocenters. The smallest absolute Gasteiger partial charge is 0.163 e. The van der Waals surface area contributed by atoms with Gasteiger partial charge in [-0.2, -0.15) is 0 Å². The molecule has 0 bridgehead atoms. The second-order valence-electron chi connectivity index (χ2n) is 5.75. The van der Waals surface area contributed by atoms with E-state index in [-0.39, 0.29) is 24.8 Å². The molecule has 0 amide bonds. The highest BCUT2D eigenvalue weighted by Gasteiger charge is 2.14. The largest absolute Gasteiger partial charge is 0.493 e. The topological polar surface area (TPSA) is 50.7 Å². The first kappa shape index (κ1) is 20.8. The minimum absolute atomic E-state index is 0.00353. The molecule has 0 spiro atoms. The van der Waals surface area contributed by atoms with E-state index >= 15 is 0 Å². The monoisotopic (exact) mass is 401 g/mol. The average molecular weight is 402 g/mol. The molecule has 0 aliphatic carbocycles. The van der Waals surface area contributed by atoms with E-state index in [2.05, 4.69) is 5.32 Å². The molecule has 0 fully saturated rings. The van der Waals surface area contributed by atoms with E-state index in [0.717, 1.165) is 12.0 Å². The van der Waals surface area contributed by atoms with E-state index in [4.69, 9.17) is 32.7 Å². The van der Waals surface area contributed by atoms with Crippen molar-refractivity contribution in [1.29, 1.82) is 0 Å². The van der Waals surface area contributed by atoms with Crippen LogP contribution in [0.3, 0.4) is 0 Å². The highest BCUT2D eigenvalue weighted by Crippen LogP contribution is 2.34. The van der Waals surface area contributed by atoms with Gasteiger partial charge in [-0.15, -0.1) is 0 Å². The molecule has 7 heteroatoms. The van der Waals surface area contributed by atoms with Crippen molar-refractivity contribution in [2.24, 2.45) is 0 Å². The Morgan fingerprint density at radius 2 is 1.96 bits per heavy atom. The van der Waals surface area contributed by atoms with Crippen molar-refractivity contribution in [2.45, 2.75) is 32.5 Å². The van der Waals surface area contributed by atoms with E-state index in [9.17, 15) is 9.50 Å². The molecule has 2 N–H and O–H groups in total. The van der Waals surface area contributed by atoms with Gasteiger partial charge in [0.15, 0.2) is 11.5 Å². The van der Waals surface area contributed by atoms with Crippen LogP contribution in [0, 0.1) is 5.82 Å². The number of ether oxygens (including phenoxy) is 2. The Labute approximate surface area is 162 Å². The molecule has 2 rings (SSSR count). The lowest BCUT2D eigenvalue weighted by Crippen LogP contribution is -2.31. The van der Waals surface area contributed by atoms with Crippen molar-refractivity contribution < 1.29 is 19.0 Å². The van der Waals surface area contributed by atoms with Gasteiger partial charge >= 0.3 is 0 Å². The third kappa shape index (κ3) is 5.24. The van der Waals surface area contributed by atoms with Crippen LogP contribution >= 0.6 is 23.2 Å². The van der Waals surface area contributed by atoms with Gasteiger partial charge in [0.05, 0.1) is 18.7 Å². The van der Waals surface area contributed by atoms with Gasteiger partial charge in [0.1, 0.15) is 12.4 Å². The maximum absolute atomic E-state index is 13.9. The van der Waals surface area contributed by atoms with E-state index in [1.807, 2.05) is 6.92 Å². The molecule has 26 heavy (non-hydrogen) atoms. The number of benzene rings is 2. The fourth-order valence-corrected chi connectivity index (χ4v) is 2.84. The van der Waals surface area contributed by atoms with Crippen molar-refractivity contribution in [3.63, 3.8) is 0 Å². The van der Waals surface area contributed by atoms with Crippen LogP contribution < -0.4 is 14.8 Å². The summed E-state index contributed by atoms with van der Waals surface area (Å²) >= 11 is 12.4. The zero-order valence-corrected chi connectivity index (χ0v) is 16.2. The molecule has 0 saturated heterocycles. The summed E-state index contributed by atoms with van der Waals surface area (Å²) in [4.78, 5) is 0. The predicted molar refractivity (Wildman–Crippen MR) is 102 cm³/mol. The maximum Gasteiger partial charge on any atom is 0.163 e. The highest BCUT2D eigenvalue weighted by molar-refractivity contribution is 6.31. The summed E-state index contributed by atoms with van der Waals surface area (Å²) in [5.41, 5.74) is 1.08. The fourth-order valence-electron chi connectivity index (χ4n) is 2.40. The molecule has 142 valence electrons. The third-order valence-electron chi connectivity index (χ3n) is 4.06. The molecule has 4 nitrogen and oxygen atoms in total. The van der Waals surface area contributed by atoms with Crippen LogP contribution in [0.5, 0.6) is 11.5 Å². The van der Waals surface area contributed by atoms with Crippen molar-refractivity contribution in [3.05, 3.63) is 57.3 Å². The van der Waals surface area contributed by atoms with Crippen molar-refractivity contribution >= 4 is 23.2 Å². The van der Waals surface area contributed by atoms with E-state index in [1.165, 1.54) is 19.2 Å². The summed E-state index contributed by atoms with van der Waals surface area (Å²) in [6.45, 7) is 2.47. The first-order valence-corrected chi connectivity index (χ1v) is 9.02. The quantitative estimate of drug-likeness (QED) is 0.645. The van der Waals surface area contributed by atoms with Crippen molar-refractivity contribution in [3.8, 4) is 11.5 Å². The first-order chi connectivity index (χ1) is 12.5. The summed E-state index contributed by atoms with van der Waals surface area (Å²) in [7, 11) is 1.52. The third-order valence-corrected chi connectivity index (χ3v) is 4.77. The lowest BCUT2D eigenvalue weighted by Gasteiger charge is -2.17. The summed E-state index contributed by atoms with van der Waals surface area (Å²) in [5.74, 6) is 0.448. The zero-order chi connectivity index (χ0) is 19.1. The van der Waals surface area contributed by atoms with E-state index in [0.29, 0.717) is 28.1 Å². The van der Waals surface area contributed by atoms with E-state index in [1.54, 1.807) is 18.2 Å². The van der Waals surface area contributed by atoms with Gasteiger partial charge in [0, 0.05) is 29.2 Å². The number of aliphatic hydroxyl groups is 1. The van der Waals surface area contributed by atoms with Gasteiger partial charge in [-0.1, -0.05) is 36.2 Å². The molecule has 1 unspecified atom stereocenters. The summed E-state index contributed by atoms with van der Waals surface area (Å²) in [6.07, 6.45) is 0.801. The standard InChI is InChI=1S/C19H22Cl2FNO3/c1-3-13(10-24)23-9-12-7-18(25-2)19(8-16(12)21)26-11-14-15(20)5-4-6-17(14)22/h4-8,13,23-24H,3,9-11H2,1-2H3. The Hall–Kier alpha value is -1.53. The van der Waals surface area contributed by atoms with Crippen LogP contribution in [0.25, 0.3) is 0 Å². The molecule has 0 aromatic heterocycles. The highest BCUT2D eigenvalue weighted by atomic mass is 35.5. The normalized spacial score (nSPS) is 12.1. The number of aliphatic hydroxyl groups excluding tert-OH is 1. The Balaban J connectivity index is 2.15. The number of nitrogens with one attached hydrogen (secondary N) is 1. The molecular weight excluding hydrogens is 380 g/mol.